The normalized spacial score (nSPS) is 12.8. The summed E-state index contributed by atoms with van der Waals surface area (Å²) in [4.78, 5) is 24.6. The van der Waals surface area contributed by atoms with Crippen LogP contribution in [0.2, 0.25) is 0 Å². The summed E-state index contributed by atoms with van der Waals surface area (Å²) >= 11 is 0. The fraction of sp³-hybridized carbons (Fsp3) is 0.848. The first-order chi connectivity index (χ1) is 42.0. The Morgan fingerprint density at radius 3 is 0.906 bits per heavy atom. The molecule has 2 unspecified atom stereocenters. The first-order valence-electron chi connectivity index (χ1n) is 38.1. The third kappa shape index (κ3) is 70.5. The third-order valence-corrected chi connectivity index (χ3v) is 17.5. The smallest absolute Gasteiger partial charge is 0.305 e. The molecule has 0 rings (SSSR count). The highest BCUT2D eigenvalue weighted by molar-refractivity contribution is 5.76. The predicted octanol–water partition coefficient (Wildman–Crippen LogP) is 25.0. The third-order valence-electron chi connectivity index (χ3n) is 17.5. The van der Waals surface area contributed by atoms with Gasteiger partial charge in [-0.25, -0.2) is 0 Å². The van der Waals surface area contributed by atoms with E-state index < -0.39 is 12.1 Å². The molecular formula is C79H147NO5. The molecule has 6 heteroatoms. The molecule has 0 aromatic carbocycles. The van der Waals surface area contributed by atoms with E-state index in [9.17, 15) is 19.8 Å². The molecule has 0 saturated carbocycles. The summed E-state index contributed by atoms with van der Waals surface area (Å²) in [6.07, 6.45) is 99.0. The van der Waals surface area contributed by atoms with Gasteiger partial charge in [0.05, 0.1) is 25.4 Å². The summed E-state index contributed by atoms with van der Waals surface area (Å²) in [6, 6.07) is -0.626. The van der Waals surface area contributed by atoms with Crippen LogP contribution >= 0.6 is 0 Å². The topological polar surface area (TPSA) is 95.9 Å². The van der Waals surface area contributed by atoms with Crippen molar-refractivity contribution >= 4 is 11.9 Å². The van der Waals surface area contributed by atoms with Crippen LogP contribution in [-0.4, -0.2) is 47.4 Å². The second kappa shape index (κ2) is 74.0. The van der Waals surface area contributed by atoms with Gasteiger partial charge in [0, 0.05) is 12.8 Å². The number of unbranched alkanes of at least 4 members (excludes halogenated alkanes) is 52. The number of allylic oxidation sites excluding steroid dienone is 9. The predicted molar refractivity (Wildman–Crippen MR) is 375 cm³/mol. The molecule has 0 spiro atoms. The van der Waals surface area contributed by atoms with Crippen molar-refractivity contribution in [2.75, 3.05) is 13.2 Å². The van der Waals surface area contributed by atoms with Crippen LogP contribution < -0.4 is 5.32 Å². The molecule has 0 radical (unpaired) electrons. The number of ether oxygens (including phenoxy) is 1. The second-order valence-electron chi connectivity index (χ2n) is 26.0. The van der Waals surface area contributed by atoms with E-state index in [2.05, 4.69) is 67.8 Å². The van der Waals surface area contributed by atoms with Crippen LogP contribution in [-0.2, 0) is 14.3 Å². The lowest BCUT2D eigenvalue weighted by Gasteiger charge is -2.20. The minimum Gasteiger partial charge on any atom is -0.466 e. The monoisotopic (exact) mass is 1190 g/mol. The van der Waals surface area contributed by atoms with Crippen LogP contribution in [0.1, 0.15) is 406 Å². The number of aliphatic hydroxyl groups excluding tert-OH is 2. The van der Waals surface area contributed by atoms with Gasteiger partial charge in [-0.15, -0.1) is 0 Å². The van der Waals surface area contributed by atoms with Crippen molar-refractivity contribution < 1.29 is 24.5 Å². The molecule has 0 aliphatic rings. The fourth-order valence-electron chi connectivity index (χ4n) is 11.7. The number of carbonyl (C=O) groups is 2. The molecule has 498 valence electrons. The highest BCUT2D eigenvalue weighted by Crippen LogP contribution is 2.18. The minimum atomic E-state index is -0.843. The van der Waals surface area contributed by atoms with Gasteiger partial charge in [0.2, 0.25) is 5.91 Å². The molecule has 6 nitrogen and oxygen atoms in total. The Hall–Kier alpha value is -2.44. The quantitative estimate of drug-likeness (QED) is 0.0320. The highest BCUT2D eigenvalue weighted by atomic mass is 16.5. The van der Waals surface area contributed by atoms with E-state index in [1.54, 1.807) is 6.08 Å². The van der Waals surface area contributed by atoms with Crippen molar-refractivity contribution in [2.24, 2.45) is 0 Å². The lowest BCUT2D eigenvalue weighted by Crippen LogP contribution is -2.45. The van der Waals surface area contributed by atoms with Gasteiger partial charge in [0.1, 0.15) is 0 Å². The number of carbonyl (C=O) groups excluding carboxylic acids is 2. The van der Waals surface area contributed by atoms with Crippen LogP contribution in [0, 0.1) is 0 Å². The molecule has 0 aromatic rings. The lowest BCUT2D eigenvalue weighted by atomic mass is 10.0. The largest absolute Gasteiger partial charge is 0.466 e. The van der Waals surface area contributed by atoms with Gasteiger partial charge in [-0.2, -0.15) is 0 Å². The summed E-state index contributed by atoms with van der Waals surface area (Å²) in [6.45, 7) is 4.91. The maximum absolute atomic E-state index is 12.5. The van der Waals surface area contributed by atoms with Gasteiger partial charge < -0.3 is 20.3 Å². The van der Waals surface area contributed by atoms with Gasteiger partial charge in [-0.05, 0) is 96.3 Å². The van der Waals surface area contributed by atoms with Crippen LogP contribution in [0.3, 0.4) is 0 Å². The summed E-state index contributed by atoms with van der Waals surface area (Å²) in [5.74, 6) is -0.0584. The molecule has 1 amide bonds. The summed E-state index contributed by atoms with van der Waals surface area (Å²) in [7, 11) is 0. The average Bonchev–Trinajstić information content (AvgIpc) is 3.52. The Balaban J connectivity index is 3.38. The van der Waals surface area contributed by atoms with Gasteiger partial charge in [0.25, 0.3) is 0 Å². The van der Waals surface area contributed by atoms with E-state index in [0.717, 1.165) is 57.8 Å². The number of nitrogens with one attached hydrogen (secondary N) is 1. The van der Waals surface area contributed by atoms with E-state index >= 15 is 0 Å². The molecule has 2 atom stereocenters. The van der Waals surface area contributed by atoms with Crippen molar-refractivity contribution in [3.05, 3.63) is 60.8 Å². The standard InChI is InChI=1S/C79H147NO5/c1-3-5-7-9-11-13-15-17-19-45-49-53-57-61-65-69-73-79(84)85-74-70-66-62-58-54-50-46-42-40-38-36-34-32-30-28-26-24-22-20-21-23-25-27-29-31-33-35-37-39-41-44-48-52-56-60-64-68-72-78(83)80-76(75-81)77(82)71-67-63-59-55-51-47-43-18-16-14-12-10-8-6-4-2/h13,15,19-20,22,26,28,45,67,71,76-77,81-82H,3-12,14,16-18,21,23-25,27,29-44,46-66,68-70,72-75H2,1-2H3,(H,80,83)/b15-13-,22-20-,28-26-,45-19-,71-67+. The van der Waals surface area contributed by atoms with Crippen LogP contribution in [0.15, 0.2) is 60.8 Å². The highest BCUT2D eigenvalue weighted by Gasteiger charge is 2.18. The summed E-state index contributed by atoms with van der Waals surface area (Å²) < 4.78 is 5.49. The molecule has 0 aromatic heterocycles. The van der Waals surface area contributed by atoms with Crippen LogP contribution in [0.4, 0.5) is 0 Å². The Bertz CT molecular complexity index is 1470. The average molecular weight is 1190 g/mol. The van der Waals surface area contributed by atoms with Crippen molar-refractivity contribution in [1.82, 2.24) is 5.32 Å². The van der Waals surface area contributed by atoms with E-state index in [1.165, 1.54) is 321 Å². The second-order valence-corrected chi connectivity index (χ2v) is 26.0. The van der Waals surface area contributed by atoms with Crippen molar-refractivity contribution in [3.8, 4) is 0 Å². The van der Waals surface area contributed by atoms with Crippen LogP contribution in [0.25, 0.3) is 0 Å². The van der Waals surface area contributed by atoms with Crippen LogP contribution in [0.5, 0.6) is 0 Å². The van der Waals surface area contributed by atoms with Gasteiger partial charge in [0.15, 0.2) is 0 Å². The molecule has 0 aliphatic heterocycles. The first-order valence-corrected chi connectivity index (χ1v) is 38.1. The number of amides is 1. The van der Waals surface area contributed by atoms with Gasteiger partial charge >= 0.3 is 5.97 Å². The van der Waals surface area contributed by atoms with E-state index in [1.807, 2.05) is 6.08 Å². The Labute approximate surface area is 530 Å². The number of rotatable bonds is 71. The minimum absolute atomic E-state index is 0.00506. The number of aliphatic hydroxyl groups is 2. The van der Waals surface area contributed by atoms with Crippen molar-refractivity contribution in [3.63, 3.8) is 0 Å². The van der Waals surface area contributed by atoms with E-state index in [-0.39, 0.29) is 18.5 Å². The summed E-state index contributed by atoms with van der Waals surface area (Å²) in [5, 5.41) is 23.2. The first kappa shape index (κ1) is 82.6. The molecule has 85 heavy (non-hydrogen) atoms. The molecular weight excluding hydrogens is 1040 g/mol. The molecule has 0 aliphatic carbocycles. The Morgan fingerprint density at radius 1 is 0.329 bits per heavy atom. The maximum Gasteiger partial charge on any atom is 0.305 e. The van der Waals surface area contributed by atoms with Gasteiger partial charge in [-0.1, -0.05) is 357 Å². The molecule has 0 fully saturated rings. The molecule has 0 saturated heterocycles. The SMILES string of the molecule is CCCCCC/C=C\C/C=C\CCCCCCCC(=O)OCCCCCCCCCCCCCCC/C=C\C/C=C\CCCCCCCCCCCCCCCCCCCC(=O)NC(CO)C(O)/C=C/CCCCCCCCCCCCCCC. The zero-order valence-corrected chi connectivity index (χ0v) is 57.1. The van der Waals surface area contributed by atoms with Crippen molar-refractivity contribution in [2.45, 2.75) is 418 Å². The number of hydrogen-bond donors (Lipinski definition) is 3. The molecule has 0 bridgehead atoms. The van der Waals surface area contributed by atoms with Gasteiger partial charge in [-0.3, -0.25) is 9.59 Å². The number of hydrogen-bond acceptors (Lipinski definition) is 5. The zero-order valence-electron chi connectivity index (χ0n) is 57.1. The summed E-state index contributed by atoms with van der Waals surface area (Å²) in [5.41, 5.74) is 0. The Kier molecular flexibility index (Phi) is 71.9. The lowest BCUT2D eigenvalue weighted by molar-refractivity contribution is -0.143. The Morgan fingerprint density at radius 2 is 0.588 bits per heavy atom. The zero-order chi connectivity index (χ0) is 61.3. The number of esters is 1. The maximum atomic E-state index is 12.5. The van der Waals surface area contributed by atoms with E-state index in [0.29, 0.717) is 19.4 Å². The molecule has 0 heterocycles. The van der Waals surface area contributed by atoms with Crippen molar-refractivity contribution in [1.29, 1.82) is 0 Å². The fourth-order valence-corrected chi connectivity index (χ4v) is 11.7. The molecule has 3 N–H and O–H groups in total. The van der Waals surface area contributed by atoms with E-state index in [4.69, 9.17) is 4.74 Å².